The van der Waals surface area contributed by atoms with Crippen molar-refractivity contribution in [1.29, 1.82) is 0 Å². The zero-order valence-electron chi connectivity index (χ0n) is 12.6. The molecule has 2 N–H and O–H groups in total. The Morgan fingerprint density at radius 3 is 2.28 bits per heavy atom. The Kier molecular flexibility index (Phi) is 5.53. The number of alkyl halides is 3. The first kappa shape index (κ1) is 18.2. The summed E-state index contributed by atoms with van der Waals surface area (Å²) in [7, 11) is 0. The summed E-state index contributed by atoms with van der Waals surface area (Å²) in [5.41, 5.74) is 3.64. The normalized spacial score (nSPS) is 11.4. The minimum Gasteiger partial charge on any atom is -0.268 e. The number of hydrazine groups is 1. The van der Waals surface area contributed by atoms with Crippen molar-refractivity contribution in [3.63, 3.8) is 0 Å². The van der Waals surface area contributed by atoms with Crippen molar-refractivity contribution in [2.24, 2.45) is 0 Å². The molecule has 0 saturated carbocycles. The van der Waals surface area contributed by atoms with E-state index in [4.69, 9.17) is 0 Å². The predicted octanol–water partition coefficient (Wildman–Crippen LogP) is 3.32. The largest absolute Gasteiger partial charge is 0.416 e. The number of benzene rings is 2. The average molecular weight is 352 g/mol. The zero-order valence-corrected chi connectivity index (χ0v) is 12.6. The fourth-order valence-electron chi connectivity index (χ4n) is 1.82. The Morgan fingerprint density at radius 2 is 1.64 bits per heavy atom. The Bertz CT molecular complexity index is 799. The van der Waals surface area contributed by atoms with Crippen molar-refractivity contribution in [2.75, 3.05) is 0 Å². The van der Waals surface area contributed by atoms with Crippen LogP contribution in [-0.4, -0.2) is 11.8 Å². The van der Waals surface area contributed by atoms with Crippen LogP contribution < -0.4 is 10.9 Å². The molecule has 0 fully saturated rings. The molecular formula is C17H12F4N2O2. The van der Waals surface area contributed by atoms with Gasteiger partial charge in [0.2, 0.25) is 0 Å². The van der Waals surface area contributed by atoms with E-state index in [1.54, 1.807) is 0 Å². The summed E-state index contributed by atoms with van der Waals surface area (Å²) in [5, 5.41) is 0. The van der Waals surface area contributed by atoms with E-state index in [9.17, 15) is 27.2 Å². The Balaban J connectivity index is 1.93. The van der Waals surface area contributed by atoms with E-state index >= 15 is 0 Å². The van der Waals surface area contributed by atoms with Gasteiger partial charge in [0.1, 0.15) is 5.82 Å². The van der Waals surface area contributed by atoms with Gasteiger partial charge in [0.25, 0.3) is 11.8 Å². The third kappa shape index (κ3) is 5.45. The van der Waals surface area contributed by atoms with Crippen LogP contribution in [0.3, 0.4) is 0 Å². The van der Waals surface area contributed by atoms with Crippen molar-refractivity contribution in [3.05, 3.63) is 77.1 Å². The van der Waals surface area contributed by atoms with Gasteiger partial charge in [0.05, 0.1) is 5.56 Å². The second kappa shape index (κ2) is 7.61. The highest BCUT2D eigenvalue weighted by atomic mass is 19.4. The lowest BCUT2D eigenvalue weighted by molar-refractivity contribution is -0.137. The molecule has 0 aliphatic carbocycles. The molecule has 0 aromatic heterocycles. The van der Waals surface area contributed by atoms with Crippen LogP contribution in [0.15, 0.2) is 54.6 Å². The lowest BCUT2D eigenvalue weighted by Gasteiger charge is -2.07. The van der Waals surface area contributed by atoms with Gasteiger partial charge in [0, 0.05) is 11.6 Å². The van der Waals surface area contributed by atoms with Crippen molar-refractivity contribution in [2.45, 2.75) is 6.18 Å². The van der Waals surface area contributed by atoms with Crippen molar-refractivity contribution in [3.8, 4) is 0 Å². The van der Waals surface area contributed by atoms with Gasteiger partial charge in [-0.1, -0.05) is 12.1 Å². The molecule has 2 rings (SSSR count). The molecule has 2 aromatic rings. The maximum Gasteiger partial charge on any atom is 0.416 e. The van der Waals surface area contributed by atoms with Gasteiger partial charge in [-0.05, 0) is 48.0 Å². The summed E-state index contributed by atoms with van der Waals surface area (Å²) in [6.45, 7) is 0. The summed E-state index contributed by atoms with van der Waals surface area (Å²) in [5.74, 6) is -1.92. The first-order chi connectivity index (χ1) is 11.8. The Morgan fingerprint density at radius 1 is 0.960 bits per heavy atom. The average Bonchev–Trinajstić information content (AvgIpc) is 2.58. The summed E-state index contributed by atoms with van der Waals surface area (Å²) >= 11 is 0. The van der Waals surface area contributed by atoms with E-state index in [2.05, 4.69) is 10.9 Å². The van der Waals surface area contributed by atoms with Gasteiger partial charge < -0.3 is 0 Å². The number of hydrogen-bond donors (Lipinski definition) is 2. The van der Waals surface area contributed by atoms with Crippen molar-refractivity contribution in [1.82, 2.24) is 10.9 Å². The summed E-state index contributed by atoms with van der Waals surface area (Å²) < 4.78 is 50.5. The first-order valence-corrected chi connectivity index (χ1v) is 6.97. The highest BCUT2D eigenvalue weighted by Crippen LogP contribution is 2.29. The maximum atomic E-state index is 12.7. The highest BCUT2D eigenvalue weighted by molar-refractivity contribution is 5.97. The van der Waals surface area contributed by atoms with Crippen LogP contribution in [0, 0.1) is 5.82 Å². The van der Waals surface area contributed by atoms with Crippen LogP contribution in [-0.2, 0) is 11.0 Å². The first-order valence-electron chi connectivity index (χ1n) is 6.97. The van der Waals surface area contributed by atoms with Gasteiger partial charge in [-0.2, -0.15) is 13.2 Å². The SMILES string of the molecule is O=C(C=Cc1cccc(C(F)(F)F)c1)NNC(=O)c1ccc(F)cc1. The van der Waals surface area contributed by atoms with E-state index in [1.165, 1.54) is 30.3 Å². The van der Waals surface area contributed by atoms with Crippen LogP contribution in [0.1, 0.15) is 21.5 Å². The molecule has 2 amide bonds. The highest BCUT2D eigenvalue weighted by Gasteiger charge is 2.30. The number of halogens is 4. The number of carbonyl (C=O) groups excluding carboxylic acids is 2. The van der Waals surface area contributed by atoms with Crippen molar-refractivity contribution < 1.29 is 27.2 Å². The van der Waals surface area contributed by atoms with Crippen LogP contribution in [0.25, 0.3) is 6.08 Å². The van der Waals surface area contributed by atoms with E-state index in [0.717, 1.165) is 30.3 Å². The molecule has 0 bridgehead atoms. The Hall–Kier alpha value is -3.16. The number of nitrogens with one attached hydrogen (secondary N) is 2. The molecule has 0 radical (unpaired) electrons. The van der Waals surface area contributed by atoms with Crippen LogP contribution in [0.5, 0.6) is 0 Å². The number of hydrogen-bond acceptors (Lipinski definition) is 2. The molecule has 25 heavy (non-hydrogen) atoms. The summed E-state index contributed by atoms with van der Waals surface area (Å²) in [4.78, 5) is 23.3. The second-order valence-corrected chi connectivity index (χ2v) is 4.91. The topological polar surface area (TPSA) is 58.2 Å². The van der Waals surface area contributed by atoms with Gasteiger partial charge in [-0.3, -0.25) is 20.4 Å². The third-order valence-corrected chi connectivity index (χ3v) is 3.05. The minimum absolute atomic E-state index is 0.128. The summed E-state index contributed by atoms with van der Waals surface area (Å²) in [6.07, 6.45) is -2.33. The van der Waals surface area contributed by atoms with Gasteiger partial charge in [0.15, 0.2) is 0 Å². The van der Waals surface area contributed by atoms with Gasteiger partial charge in [-0.15, -0.1) is 0 Å². The molecule has 130 valence electrons. The van der Waals surface area contributed by atoms with Gasteiger partial charge in [-0.25, -0.2) is 4.39 Å². The predicted molar refractivity (Wildman–Crippen MR) is 82.5 cm³/mol. The molecule has 0 heterocycles. The van der Waals surface area contributed by atoms with Crippen molar-refractivity contribution >= 4 is 17.9 Å². The molecule has 0 spiro atoms. The molecule has 0 atom stereocenters. The summed E-state index contributed by atoms with van der Waals surface area (Å²) in [6, 6.07) is 9.06. The quantitative estimate of drug-likeness (QED) is 0.506. The van der Waals surface area contributed by atoms with E-state index < -0.39 is 29.4 Å². The minimum atomic E-state index is -4.48. The maximum absolute atomic E-state index is 12.7. The molecule has 0 aliphatic rings. The zero-order chi connectivity index (χ0) is 18.4. The van der Waals surface area contributed by atoms with E-state index in [1.807, 2.05) is 0 Å². The smallest absolute Gasteiger partial charge is 0.268 e. The second-order valence-electron chi connectivity index (χ2n) is 4.91. The third-order valence-electron chi connectivity index (χ3n) is 3.05. The van der Waals surface area contributed by atoms with Crippen LogP contribution in [0.4, 0.5) is 17.6 Å². The number of carbonyl (C=O) groups is 2. The molecule has 0 saturated heterocycles. The molecule has 8 heteroatoms. The fraction of sp³-hybridized carbons (Fsp3) is 0.0588. The van der Waals surface area contributed by atoms with Crippen LogP contribution in [0.2, 0.25) is 0 Å². The lowest BCUT2D eigenvalue weighted by Crippen LogP contribution is -2.40. The molecular weight excluding hydrogens is 340 g/mol. The number of amides is 2. The lowest BCUT2D eigenvalue weighted by atomic mass is 10.1. The molecule has 2 aromatic carbocycles. The number of rotatable bonds is 3. The molecule has 4 nitrogen and oxygen atoms in total. The molecule has 0 unspecified atom stereocenters. The fourth-order valence-corrected chi connectivity index (χ4v) is 1.82. The standard InChI is InChI=1S/C17H12F4N2O2/c18-14-7-5-12(6-8-14)16(25)23-22-15(24)9-4-11-2-1-3-13(10-11)17(19,20)21/h1-10H,(H,22,24)(H,23,25). The van der Waals surface area contributed by atoms with Crippen LogP contribution >= 0.6 is 0 Å². The van der Waals surface area contributed by atoms with E-state index in [0.29, 0.717) is 0 Å². The van der Waals surface area contributed by atoms with E-state index in [-0.39, 0.29) is 11.1 Å². The monoisotopic (exact) mass is 352 g/mol. The van der Waals surface area contributed by atoms with Gasteiger partial charge >= 0.3 is 6.18 Å². The Labute approximate surface area is 140 Å². The molecule has 0 aliphatic heterocycles.